The van der Waals surface area contributed by atoms with Gasteiger partial charge in [0.05, 0.1) is 0 Å². The topological polar surface area (TPSA) is 17.1 Å². The lowest BCUT2D eigenvalue weighted by Gasteiger charge is -2.00. The van der Waals surface area contributed by atoms with Gasteiger partial charge in [0.15, 0.2) is 0 Å². The van der Waals surface area contributed by atoms with Crippen LogP contribution in [0.15, 0.2) is 30.3 Å². The maximum Gasteiger partial charge on any atom is 0.235 e. The van der Waals surface area contributed by atoms with E-state index < -0.39 is 0 Å². The molecule has 0 fully saturated rings. The van der Waals surface area contributed by atoms with E-state index in [1.165, 1.54) is 57.8 Å². The second-order valence-electron chi connectivity index (χ2n) is 5.93. The summed E-state index contributed by atoms with van der Waals surface area (Å²) in [5, 5.41) is 0. The lowest BCUT2D eigenvalue weighted by Crippen LogP contribution is -1.93. The molecule has 1 rings (SSSR count). The molecule has 0 aromatic heterocycles. The first-order valence-electron chi connectivity index (χ1n) is 8.93. The second kappa shape index (κ2) is 13.1. The highest BCUT2D eigenvalue weighted by Crippen LogP contribution is 2.11. The van der Waals surface area contributed by atoms with Crippen LogP contribution in [0.4, 0.5) is 0 Å². The van der Waals surface area contributed by atoms with E-state index in [9.17, 15) is 4.79 Å². The molecule has 0 radical (unpaired) electrons. The normalized spacial score (nSPS) is 10.0. The molecule has 1 heteroatoms. The molecular weight excluding hydrogens is 268 g/mol. The molecule has 1 aromatic carbocycles. The molecule has 0 saturated carbocycles. The van der Waals surface area contributed by atoms with Gasteiger partial charge in [0, 0.05) is 12.0 Å². The average molecular weight is 298 g/mol. The van der Waals surface area contributed by atoms with E-state index in [-0.39, 0.29) is 5.78 Å². The van der Waals surface area contributed by atoms with Crippen LogP contribution in [0.5, 0.6) is 0 Å². The van der Waals surface area contributed by atoms with Gasteiger partial charge in [0.1, 0.15) is 0 Å². The second-order valence-corrected chi connectivity index (χ2v) is 5.93. The van der Waals surface area contributed by atoms with Crippen molar-refractivity contribution in [2.24, 2.45) is 0 Å². The molecule has 22 heavy (non-hydrogen) atoms. The summed E-state index contributed by atoms with van der Waals surface area (Å²) in [6, 6.07) is 9.29. The standard InChI is InChI=1S/C21H30O/c1-2-3-4-5-6-7-8-9-10-11-12-16-19-21(22)20-17-14-13-15-18-20/h13-15,17-18H,2-12H2,1H3. The van der Waals surface area contributed by atoms with Crippen LogP contribution in [-0.2, 0) is 0 Å². The number of unbranched alkanes of at least 4 members (excludes halogenated alkanes) is 10. The van der Waals surface area contributed by atoms with Gasteiger partial charge in [-0.05, 0) is 12.3 Å². The molecule has 0 aliphatic rings. The predicted molar refractivity (Wildman–Crippen MR) is 95.0 cm³/mol. The van der Waals surface area contributed by atoms with Gasteiger partial charge in [-0.1, -0.05) is 101 Å². The van der Waals surface area contributed by atoms with Crippen LogP contribution in [0.2, 0.25) is 0 Å². The van der Waals surface area contributed by atoms with Gasteiger partial charge >= 0.3 is 0 Å². The molecule has 120 valence electrons. The summed E-state index contributed by atoms with van der Waals surface area (Å²) in [7, 11) is 0. The van der Waals surface area contributed by atoms with Crippen molar-refractivity contribution < 1.29 is 4.79 Å². The maximum atomic E-state index is 11.8. The van der Waals surface area contributed by atoms with Gasteiger partial charge in [-0.3, -0.25) is 4.79 Å². The first-order valence-corrected chi connectivity index (χ1v) is 8.93. The molecule has 0 saturated heterocycles. The number of carbonyl (C=O) groups excluding carboxylic acids is 1. The summed E-state index contributed by atoms with van der Waals surface area (Å²) in [6.45, 7) is 2.26. The minimum absolute atomic E-state index is 0.0623. The molecule has 1 nitrogen and oxygen atoms in total. The smallest absolute Gasteiger partial charge is 0.235 e. The molecule has 0 unspecified atom stereocenters. The van der Waals surface area contributed by atoms with Crippen molar-refractivity contribution in [3.8, 4) is 11.8 Å². The van der Waals surface area contributed by atoms with Gasteiger partial charge in [0.25, 0.3) is 0 Å². The molecule has 0 aliphatic heterocycles. The van der Waals surface area contributed by atoms with E-state index in [1.54, 1.807) is 0 Å². The summed E-state index contributed by atoms with van der Waals surface area (Å²) >= 11 is 0. The van der Waals surface area contributed by atoms with Crippen LogP contribution in [0, 0.1) is 11.8 Å². The fourth-order valence-corrected chi connectivity index (χ4v) is 2.51. The van der Waals surface area contributed by atoms with Crippen molar-refractivity contribution in [1.82, 2.24) is 0 Å². The summed E-state index contributed by atoms with van der Waals surface area (Å²) < 4.78 is 0. The lowest BCUT2D eigenvalue weighted by molar-refractivity contribution is 0.105. The molecule has 0 bridgehead atoms. The van der Waals surface area contributed by atoms with Crippen LogP contribution in [-0.4, -0.2) is 5.78 Å². The van der Waals surface area contributed by atoms with Crippen molar-refractivity contribution in [2.75, 3.05) is 0 Å². The van der Waals surface area contributed by atoms with Crippen molar-refractivity contribution in [3.05, 3.63) is 35.9 Å². The zero-order valence-corrected chi connectivity index (χ0v) is 14.1. The number of hydrogen-bond acceptors (Lipinski definition) is 1. The highest BCUT2D eigenvalue weighted by Gasteiger charge is 1.98. The van der Waals surface area contributed by atoms with E-state index in [1.807, 2.05) is 30.3 Å². The van der Waals surface area contributed by atoms with Gasteiger partial charge in [-0.2, -0.15) is 0 Å². The fraction of sp³-hybridized carbons (Fsp3) is 0.571. The third-order valence-corrected chi connectivity index (χ3v) is 3.89. The van der Waals surface area contributed by atoms with Gasteiger partial charge < -0.3 is 0 Å². The monoisotopic (exact) mass is 298 g/mol. The van der Waals surface area contributed by atoms with E-state index in [0.717, 1.165) is 12.8 Å². The highest BCUT2D eigenvalue weighted by molar-refractivity contribution is 6.08. The third kappa shape index (κ3) is 9.40. The maximum absolute atomic E-state index is 11.8. The minimum Gasteiger partial charge on any atom is -0.279 e. The van der Waals surface area contributed by atoms with Crippen molar-refractivity contribution in [2.45, 2.75) is 77.6 Å². The lowest BCUT2D eigenvalue weighted by atomic mass is 10.1. The Bertz CT molecular complexity index is 450. The molecule has 0 aliphatic carbocycles. The molecule has 0 N–H and O–H groups in total. The summed E-state index contributed by atoms with van der Waals surface area (Å²) in [5.41, 5.74) is 0.693. The zero-order valence-electron chi connectivity index (χ0n) is 14.1. The van der Waals surface area contributed by atoms with E-state index in [4.69, 9.17) is 0 Å². The van der Waals surface area contributed by atoms with E-state index in [0.29, 0.717) is 5.56 Å². The van der Waals surface area contributed by atoms with Crippen LogP contribution in [0.1, 0.15) is 87.9 Å². The predicted octanol–water partition coefficient (Wildman–Crippen LogP) is 6.18. The van der Waals surface area contributed by atoms with Crippen LogP contribution in [0.25, 0.3) is 0 Å². The van der Waals surface area contributed by atoms with Crippen molar-refractivity contribution >= 4 is 5.78 Å². The Morgan fingerprint density at radius 2 is 1.36 bits per heavy atom. The Kier molecular flexibility index (Phi) is 11.0. The Balaban J connectivity index is 1.96. The van der Waals surface area contributed by atoms with Crippen molar-refractivity contribution in [3.63, 3.8) is 0 Å². The SMILES string of the molecule is CCCCCCCCCCCCC#CC(=O)c1ccccc1. The molecule has 0 heterocycles. The van der Waals surface area contributed by atoms with Crippen LogP contribution >= 0.6 is 0 Å². The number of rotatable bonds is 11. The van der Waals surface area contributed by atoms with Crippen LogP contribution in [0.3, 0.4) is 0 Å². The Labute approximate surface area is 136 Å². The Hall–Kier alpha value is -1.55. The number of hydrogen-bond donors (Lipinski definition) is 0. The number of Topliss-reactive ketones (excluding diaryl/α,β-unsaturated/α-hetero) is 1. The van der Waals surface area contributed by atoms with Gasteiger partial charge in [-0.25, -0.2) is 0 Å². The molecular formula is C21H30O. The Morgan fingerprint density at radius 1 is 0.818 bits per heavy atom. The fourth-order valence-electron chi connectivity index (χ4n) is 2.51. The van der Waals surface area contributed by atoms with E-state index >= 15 is 0 Å². The summed E-state index contributed by atoms with van der Waals surface area (Å²) in [5.74, 6) is 5.69. The highest BCUT2D eigenvalue weighted by atomic mass is 16.1. The van der Waals surface area contributed by atoms with Gasteiger partial charge in [0.2, 0.25) is 5.78 Å². The molecule has 0 spiro atoms. The quantitative estimate of drug-likeness (QED) is 0.206. The average Bonchev–Trinajstić information content (AvgIpc) is 2.56. The molecule has 0 atom stereocenters. The summed E-state index contributed by atoms with van der Waals surface area (Å²) in [4.78, 5) is 11.8. The van der Waals surface area contributed by atoms with Crippen LogP contribution < -0.4 is 0 Å². The number of carbonyl (C=O) groups is 1. The zero-order chi connectivity index (χ0) is 15.9. The Morgan fingerprint density at radius 3 is 1.95 bits per heavy atom. The van der Waals surface area contributed by atoms with E-state index in [2.05, 4.69) is 18.8 Å². The third-order valence-electron chi connectivity index (χ3n) is 3.89. The van der Waals surface area contributed by atoms with Crippen molar-refractivity contribution in [1.29, 1.82) is 0 Å². The number of benzene rings is 1. The minimum atomic E-state index is -0.0623. The van der Waals surface area contributed by atoms with Gasteiger partial charge in [-0.15, -0.1) is 0 Å². The first kappa shape index (κ1) is 18.5. The largest absolute Gasteiger partial charge is 0.279 e. The molecule has 0 amide bonds. The first-order chi connectivity index (χ1) is 10.8. The molecule has 1 aromatic rings. The number of ketones is 1. The summed E-state index contributed by atoms with van der Waals surface area (Å²) in [6.07, 6.45) is 14.2.